The largest absolute Gasteiger partial charge is 0.493 e. The normalized spacial score (nSPS) is 10.2. The predicted octanol–water partition coefficient (Wildman–Crippen LogP) is 3.71. The van der Waals surface area contributed by atoms with Crippen molar-refractivity contribution >= 4 is 40.2 Å². The van der Waals surface area contributed by atoms with Crippen LogP contribution in [0.15, 0.2) is 42.5 Å². The Hall–Kier alpha value is -2.09. The van der Waals surface area contributed by atoms with E-state index in [9.17, 15) is 14.7 Å². The first-order chi connectivity index (χ1) is 11.0. The number of rotatable bonds is 6. The second kappa shape index (κ2) is 7.96. The molecule has 2 rings (SSSR count). The second-order valence-corrected chi connectivity index (χ2v) is 6.20. The maximum absolute atomic E-state index is 11.9. The van der Waals surface area contributed by atoms with Gasteiger partial charge in [0.1, 0.15) is 5.75 Å². The van der Waals surface area contributed by atoms with Crippen LogP contribution in [0.5, 0.6) is 5.75 Å². The Morgan fingerprint density at radius 3 is 2.52 bits per heavy atom. The van der Waals surface area contributed by atoms with Crippen molar-refractivity contribution in [3.63, 3.8) is 0 Å². The summed E-state index contributed by atoms with van der Waals surface area (Å²) in [5.41, 5.74) is 1.50. The molecule has 23 heavy (non-hydrogen) atoms. The Morgan fingerprint density at radius 2 is 1.87 bits per heavy atom. The molecule has 5 nitrogen and oxygen atoms in total. The van der Waals surface area contributed by atoms with Gasteiger partial charge < -0.3 is 15.2 Å². The third-order valence-corrected chi connectivity index (χ3v) is 3.78. The summed E-state index contributed by atoms with van der Waals surface area (Å²) in [5, 5.41) is 11.8. The molecule has 2 aromatic rings. The number of aromatic carboxylic acids is 1. The second-order valence-electron chi connectivity index (χ2n) is 4.95. The van der Waals surface area contributed by atoms with E-state index in [1.807, 2.05) is 53.8 Å². The van der Waals surface area contributed by atoms with Gasteiger partial charge in [0.05, 0.1) is 24.3 Å². The van der Waals surface area contributed by atoms with Crippen LogP contribution in [0.2, 0.25) is 0 Å². The van der Waals surface area contributed by atoms with E-state index in [0.717, 1.165) is 9.13 Å². The summed E-state index contributed by atoms with van der Waals surface area (Å²) in [6, 6.07) is 12.4. The van der Waals surface area contributed by atoms with Crippen molar-refractivity contribution < 1.29 is 19.4 Å². The molecule has 0 heterocycles. The molecule has 1 amide bonds. The van der Waals surface area contributed by atoms with Crippen LogP contribution in [0.3, 0.4) is 0 Å². The van der Waals surface area contributed by atoms with Crippen LogP contribution >= 0.6 is 22.6 Å². The van der Waals surface area contributed by atoms with Crippen LogP contribution in [0.1, 0.15) is 22.3 Å². The maximum Gasteiger partial charge on any atom is 0.337 e. The molecule has 120 valence electrons. The number of aryl methyl sites for hydroxylation is 1. The fraction of sp³-hybridized carbons (Fsp3) is 0.176. The zero-order chi connectivity index (χ0) is 16.8. The zero-order valence-corrected chi connectivity index (χ0v) is 14.7. The van der Waals surface area contributed by atoms with Crippen LogP contribution in [-0.4, -0.2) is 23.6 Å². The molecule has 0 saturated carbocycles. The topological polar surface area (TPSA) is 75.6 Å². The smallest absolute Gasteiger partial charge is 0.337 e. The van der Waals surface area contributed by atoms with Crippen molar-refractivity contribution in [3.05, 3.63) is 57.2 Å². The third-order valence-electron chi connectivity index (χ3n) is 3.10. The number of halogens is 1. The fourth-order valence-corrected chi connectivity index (χ4v) is 2.40. The minimum Gasteiger partial charge on any atom is -0.493 e. The minimum atomic E-state index is -1.07. The van der Waals surface area contributed by atoms with E-state index >= 15 is 0 Å². The molecule has 0 radical (unpaired) electrons. The first-order valence-corrected chi connectivity index (χ1v) is 8.06. The monoisotopic (exact) mass is 425 g/mol. The van der Waals surface area contributed by atoms with Crippen LogP contribution in [-0.2, 0) is 4.79 Å². The highest BCUT2D eigenvalue weighted by molar-refractivity contribution is 14.1. The number of carbonyl (C=O) groups excluding carboxylic acids is 1. The molecule has 0 saturated heterocycles. The van der Waals surface area contributed by atoms with Crippen molar-refractivity contribution in [2.75, 3.05) is 11.9 Å². The molecule has 0 aliphatic heterocycles. The molecule has 0 aliphatic rings. The van der Waals surface area contributed by atoms with Gasteiger partial charge in [0.15, 0.2) is 0 Å². The van der Waals surface area contributed by atoms with E-state index in [0.29, 0.717) is 11.4 Å². The quantitative estimate of drug-likeness (QED) is 0.693. The van der Waals surface area contributed by atoms with Gasteiger partial charge in [-0.25, -0.2) is 4.79 Å². The van der Waals surface area contributed by atoms with E-state index in [4.69, 9.17) is 4.74 Å². The Balaban J connectivity index is 1.90. The molecule has 6 heteroatoms. The molecule has 0 spiro atoms. The zero-order valence-electron chi connectivity index (χ0n) is 12.5. The molecule has 0 bridgehead atoms. The molecule has 0 fully saturated rings. The van der Waals surface area contributed by atoms with Gasteiger partial charge in [-0.1, -0.05) is 17.7 Å². The average molecular weight is 425 g/mol. The molecular weight excluding hydrogens is 409 g/mol. The van der Waals surface area contributed by atoms with E-state index in [1.165, 1.54) is 6.07 Å². The van der Waals surface area contributed by atoms with Crippen molar-refractivity contribution in [2.24, 2.45) is 0 Å². The lowest BCUT2D eigenvalue weighted by Gasteiger charge is -2.10. The van der Waals surface area contributed by atoms with Gasteiger partial charge in [-0.3, -0.25) is 4.79 Å². The molecule has 0 aromatic heterocycles. The highest BCUT2D eigenvalue weighted by Crippen LogP contribution is 2.19. The molecule has 2 aromatic carbocycles. The highest BCUT2D eigenvalue weighted by atomic mass is 127. The van der Waals surface area contributed by atoms with Crippen molar-refractivity contribution in [3.8, 4) is 5.75 Å². The molecule has 0 aliphatic carbocycles. The number of carboxylic acid groups (broad SMARTS) is 1. The number of hydrogen-bond acceptors (Lipinski definition) is 3. The van der Waals surface area contributed by atoms with E-state index < -0.39 is 5.97 Å². The standard InChI is InChI=1S/C17H16INO4/c1-11-2-5-13(6-3-11)23-9-8-16(20)19-15-7-4-12(18)10-14(15)17(21)22/h2-7,10H,8-9H2,1H3,(H,19,20)(H,21,22). The van der Waals surface area contributed by atoms with Crippen molar-refractivity contribution in [1.82, 2.24) is 0 Å². The van der Waals surface area contributed by atoms with Gasteiger partial charge in [-0.2, -0.15) is 0 Å². The number of hydrogen-bond donors (Lipinski definition) is 2. The number of carbonyl (C=O) groups is 2. The SMILES string of the molecule is Cc1ccc(OCCC(=O)Nc2ccc(I)cc2C(=O)O)cc1. The summed E-state index contributed by atoms with van der Waals surface area (Å²) in [7, 11) is 0. The summed E-state index contributed by atoms with van der Waals surface area (Å²) < 4.78 is 6.28. The average Bonchev–Trinajstić information content (AvgIpc) is 2.51. The Morgan fingerprint density at radius 1 is 1.17 bits per heavy atom. The Labute approximate surface area is 147 Å². The van der Waals surface area contributed by atoms with Crippen LogP contribution in [0.25, 0.3) is 0 Å². The lowest BCUT2D eigenvalue weighted by atomic mass is 10.2. The van der Waals surface area contributed by atoms with Crippen LogP contribution < -0.4 is 10.1 Å². The van der Waals surface area contributed by atoms with Gasteiger partial charge in [0.25, 0.3) is 0 Å². The van der Waals surface area contributed by atoms with E-state index in [-0.39, 0.29) is 24.5 Å². The molecule has 0 unspecified atom stereocenters. The van der Waals surface area contributed by atoms with Crippen molar-refractivity contribution in [1.29, 1.82) is 0 Å². The van der Waals surface area contributed by atoms with Crippen LogP contribution in [0, 0.1) is 10.5 Å². The molecule has 0 atom stereocenters. The van der Waals surface area contributed by atoms with Gasteiger partial charge in [0.2, 0.25) is 5.91 Å². The number of benzene rings is 2. The maximum atomic E-state index is 11.9. The number of anilines is 1. The summed E-state index contributed by atoms with van der Waals surface area (Å²) in [5.74, 6) is -0.667. The molecular formula is C17H16INO4. The first kappa shape index (κ1) is 17.3. The summed E-state index contributed by atoms with van der Waals surface area (Å²) in [4.78, 5) is 23.1. The Bertz CT molecular complexity index is 713. The van der Waals surface area contributed by atoms with E-state index in [2.05, 4.69) is 5.32 Å². The van der Waals surface area contributed by atoms with Crippen LogP contribution in [0.4, 0.5) is 5.69 Å². The predicted molar refractivity (Wildman–Crippen MR) is 96.0 cm³/mol. The first-order valence-electron chi connectivity index (χ1n) is 6.98. The lowest BCUT2D eigenvalue weighted by Crippen LogP contribution is -2.17. The fourth-order valence-electron chi connectivity index (χ4n) is 1.91. The summed E-state index contributed by atoms with van der Waals surface area (Å²) in [6.07, 6.45) is 0.138. The summed E-state index contributed by atoms with van der Waals surface area (Å²) in [6.45, 7) is 2.21. The van der Waals surface area contributed by atoms with Gasteiger partial charge in [0, 0.05) is 3.57 Å². The summed E-state index contributed by atoms with van der Waals surface area (Å²) >= 11 is 2.02. The van der Waals surface area contributed by atoms with E-state index in [1.54, 1.807) is 12.1 Å². The number of ether oxygens (including phenoxy) is 1. The highest BCUT2D eigenvalue weighted by Gasteiger charge is 2.13. The van der Waals surface area contributed by atoms with Gasteiger partial charge >= 0.3 is 5.97 Å². The van der Waals surface area contributed by atoms with Gasteiger partial charge in [-0.05, 0) is 59.8 Å². The number of carboxylic acids is 1. The third kappa shape index (κ3) is 5.24. The van der Waals surface area contributed by atoms with Gasteiger partial charge in [-0.15, -0.1) is 0 Å². The number of amides is 1. The molecule has 2 N–H and O–H groups in total. The lowest BCUT2D eigenvalue weighted by molar-refractivity contribution is -0.116. The number of nitrogens with one attached hydrogen (secondary N) is 1. The van der Waals surface area contributed by atoms with Crippen molar-refractivity contribution in [2.45, 2.75) is 13.3 Å². The Kier molecular flexibility index (Phi) is 5.97. The minimum absolute atomic E-state index is 0.0738.